The van der Waals surface area contributed by atoms with Crippen LogP contribution in [0.15, 0.2) is 36.5 Å². The quantitative estimate of drug-likeness (QED) is 0.627. The number of rotatable bonds is 4. The topological polar surface area (TPSA) is 37.3 Å². The smallest absolute Gasteiger partial charge is 0.307 e. The highest BCUT2D eigenvalue weighted by molar-refractivity contribution is 5.71. The van der Waals surface area contributed by atoms with Gasteiger partial charge in [0.2, 0.25) is 0 Å². The van der Waals surface area contributed by atoms with Crippen LogP contribution in [0.4, 0.5) is 0 Å². The third-order valence-electron chi connectivity index (χ3n) is 1.07. The first-order chi connectivity index (χ1) is 5.20. The van der Waals surface area contributed by atoms with E-state index >= 15 is 0 Å². The number of carboxylic acid groups (broad SMARTS) is 1. The van der Waals surface area contributed by atoms with Crippen molar-refractivity contribution in [2.75, 3.05) is 0 Å². The average Bonchev–Trinajstić information content (AvgIpc) is 1.87. The summed E-state index contributed by atoms with van der Waals surface area (Å²) in [4.78, 5) is 10.3. The zero-order valence-electron chi connectivity index (χ0n) is 6.58. The number of carboxylic acids is 1. The van der Waals surface area contributed by atoms with Crippen LogP contribution in [0.2, 0.25) is 0 Å². The van der Waals surface area contributed by atoms with Crippen molar-refractivity contribution >= 4 is 5.97 Å². The predicted molar refractivity (Wildman–Crippen MR) is 45.3 cm³/mol. The van der Waals surface area contributed by atoms with E-state index in [9.17, 15) is 4.79 Å². The van der Waals surface area contributed by atoms with Gasteiger partial charge in [0.25, 0.3) is 0 Å². The summed E-state index contributed by atoms with van der Waals surface area (Å²) in [6.45, 7) is 5.33. The van der Waals surface area contributed by atoms with E-state index in [2.05, 4.69) is 6.58 Å². The van der Waals surface area contributed by atoms with Crippen LogP contribution in [-0.4, -0.2) is 11.1 Å². The van der Waals surface area contributed by atoms with E-state index in [-0.39, 0.29) is 6.42 Å². The third kappa shape index (κ3) is 5.15. The fourth-order valence-electron chi connectivity index (χ4n) is 0.713. The molecule has 0 unspecified atom stereocenters. The van der Waals surface area contributed by atoms with Gasteiger partial charge in [-0.1, -0.05) is 30.9 Å². The van der Waals surface area contributed by atoms with Crippen molar-refractivity contribution in [3.63, 3.8) is 0 Å². The van der Waals surface area contributed by atoms with Gasteiger partial charge in [0.15, 0.2) is 0 Å². The van der Waals surface area contributed by atoms with Crippen LogP contribution in [0.5, 0.6) is 0 Å². The summed E-state index contributed by atoms with van der Waals surface area (Å²) in [5, 5.41) is 8.43. The molecule has 0 rings (SSSR count). The van der Waals surface area contributed by atoms with Crippen molar-refractivity contribution in [1.82, 2.24) is 0 Å². The highest BCUT2D eigenvalue weighted by atomic mass is 16.4. The van der Waals surface area contributed by atoms with E-state index in [4.69, 9.17) is 5.11 Å². The van der Waals surface area contributed by atoms with Gasteiger partial charge in [-0.15, -0.1) is 0 Å². The van der Waals surface area contributed by atoms with E-state index in [1.165, 1.54) is 0 Å². The second-order valence-corrected chi connectivity index (χ2v) is 2.05. The molecule has 0 aromatic carbocycles. The van der Waals surface area contributed by atoms with Crippen LogP contribution in [0, 0.1) is 0 Å². The molecule has 0 amide bonds. The summed E-state index contributed by atoms with van der Waals surface area (Å²) in [6, 6.07) is 0. The fraction of sp³-hybridized carbons (Fsp3) is 0.222. The first kappa shape index (κ1) is 9.69. The Hall–Kier alpha value is -1.31. The summed E-state index contributed by atoms with van der Waals surface area (Å²) >= 11 is 0. The molecule has 0 radical (unpaired) electrons. The molecule has 60 valence electrons. The first-order valence-corrected chi connectivity index (χ1v) is 3.36. The van der Waals surface area contributed by atoms with Crippen LogP contribution in [0.1, 0.15) is 13.3 Å². The molecule has 0 aliphatic rings. The van der Waals surface area contributed by atoms with Crippen LogP contribution in [-0.2, 0) is 4.79 Å². The summed E-state index contributed by atoms with van der Waals surface area (Å²) in [5.41, 5.74) is 0.759. The molecule has 0 fully saturated rings. The molecule has 0 aromatic rings. The van der Waals surface area contributed by atoms with E-state index in [0.29, 0.717) is 0 Å². The number of hydrogen-bond acceptors (Lipinski definition) is 1. The molecule has 1 N–H and O–H groups in total. The van der Waals surface area contributed by atoms with Crippen LogP contribution in [0.3, 0.4) is 0 Å². The minimum absolute atomic E-state index is 0.0519. The SMILES string of the molecule is C=C/C=C(\C=C/C)CC(=O)O. The summed E-state index contributed by atoms with van der Waals surface area (Å²) < 4.78 is 0. The minimum Gasteiger partial charge on any atom is -0.481 e. The second-order valence-electron chi connectivity index (χ2n) is 2.05. The van der Waals surface area contributed by atoms with Crippen LogP contribution in [0.25, 0.3) is 0 Å². The van der Waals surface area contributed by atoms with E-state index in [0.717, 1.165) is 5.57 Å². The highest BCUT2D eigenvalue weighted by Gasteiger charge is 1.97. The Morgan fingerprint density at radius 1 is 1.64 bits per heavy atom. The molecular formula is C9H12O2. The molecule has 0 saturated carbocycles. The molecule has 0 aliphatic carbocycles. The number of allylic oxidation sites excluding steroid dienone is 4. The molecule has 0 saturated heterocycles. The lowest BCUT2D eigenvalue weighted by Crippen LogP contribution is -1.94. The maximum Gasteiger partial charge on any atom is 0.307 e. The lowest BCUT2D eigenvalue weighted by atomic mass is 10.1. The minimum atomic E-state index is -0.823. The summed E-state index contributed by atoms with van der Waals surface area (Å²) in [7, 11) is 0. The van der Waals surface area contributed by atoms with Crippen molar-refractivity contribution in [2.45, 2.75) is 13.3 Å². The molecule has 0 heterocycles. The van der Waals surface area contributed by atoms with Gasteiger partial charge in [-0.25, -0.2) is 0 Å². The molecule has 0 aromatic heterocycles. The number of aliphatic carboxylic acids is 1. The van der Waals surface area contributed by atoms with Crippen LogP contribution < -0.4 is 0 Å². The normalized spacial score (nSPS) is 11.9. The molecule has 0 bridgehead atoms. The van der Waals surface area contributed by atoms with Gasteiger partial charge in [0.1, 0.15) is 0 Å². The molecule has 0 atom stereocenters. The third-order valence-corrected chi connectivity index (χ3v) is 1.07. The Balaban J connectivity index is 4.22. The van der Waals surface area contributed by atoms with Crippen molar-refractivity contribution in [3.8, 4) is 0 Å². The van der Waals surface area contributed by atoms with E-state index < -0.39 is 5.97 Å². The van der Waals surface area contributed by atoms with Crippen molar-refractivity contribution < 1.29 is 9.90 Å². The van der Waals surface area contributed by atoms with Gasteiger partial charge in [0, 0.05) is 0 Å². The van der Waals surface area contributed by atoms with Gasteiger partial charge in [-0.3, -0.25) is 4.79 Å². The Labute approximate surface area is 66.5 Å². The Kier molecular flexibility index (Phi) is 4.82. The van der Waals surface area contributed by atoms with Crippen molar-refractivity contribution in [1.29, 1.82) is 0 Å². The summed E-state index contributed by atoms with van der Waals surface area (Å²) in [5.74, 6) is -0.823. The second kappa shape index (κ2) is 5.47. The largest absolute Gasteiger partial charge is 0.481 e. The van der Waals surface area contributed by atoms with Crippen molar-refractivity contribution in [2.24, 2.45) is 0 Å². The predicted octanol–water partition coefficient (Wildman–Crippen LogP) is 2.15. The van der Waals surface area contributed by atoms with Gasteiger partial charge in [-0.05, 0) is 12.5 Å². The van der Waals surface area contributed by atoms with Crippen molar-refractivity contribution in [3.05, 3.63) is 36.5 Å². The monoisotopic (exact) mass is 152 g/mol. The molecule has 11 heavy (non-hydrogen) atoms. The lowest BCUT2D eigenvalue weighted by molar-refractivity contribution is -0.136. The van der Waals surface area contributed by atoms with Gasteiger partial charge in [0.05, 0.1) is 6.42 Å². The zero-order valence-corrected chi connectivity index (χ0v) is 6.58. The molecule has 0 aliphatic heterocycles. The van der Waals surface area contributed by atoms with Gasteiger partial charge < -0.3 is 5.11 Å². The number of carbonyl (C=O) groups is 1. The van der Waals surface area contributed by atoms with Crippen LogP contribution >= 0.6 is 0 Å². The van der Waals surface area contributed by atoms with Gasteiger partial charge in [-0.2, -0.15) is 0 Å². The Morgan fingerprint density at radius 2 is 2.27 bits per heavy atom. The molecule has 2 heteroatoms. The molecular weight excluding hydrogens is 140 g/mol. The molecule has 0 spiro atoms. The molecule has 2 nitrogen and oxygen atoms in total. The number of hydrogen-bond donors (Lipinski definition) is 1. The Morgan fingerprint density at radius 3 is 2.64 bits per heavy atom. The first-order valence-electron chi connectivity index (χ1n) is 3.36. The Bertz CT molecular complexity index is 200. The van der Waals surface area contributed by atoms with E-state index in [1.54, 1.807) is 24.3 Å². The zero-order chi connectivity index (χ0) is 8.69. The van der Waals surface area contributed by atoms with E-state index in [1.807, 2.05) is 6.92 Å². The maximum absolute atomic E-state index is 10.3. The highest BCUT2D eigenvalue weighted by Crippen LogP contribution is 2.03. The lowest BCUT2D eigenvalue weighted by Gasteiger charge is -1.93. The maximum atomic E-state index is 10.3. The average molecular weight is 152 g/mol. The summed E-state index contributed by atoms with van der Waals surface area (Å²) in [6.07, 6.45) is 6.89. The van der Waals surface area contributed by atoms with Gasteiger partial charge >= 0.3 is 5.97 Å². The fourth-order valence-corrected chi connectivity index (χ4v) is 0.713. The standard InChI is InChI=1S/C9H12O2/c1-3-5-8(6-4-2)7-9(10)11/h3-6H,1,7H2,2H3,(H,10,11)/b6-4-,8-5+.